The molecular formula is C72H58N4O2Pt-2. The number of hydrogen-bond donors (Lipinski definition) is 0. The molecule has 13 aromatic rings. The standard InChI is InChI=1S/C72H58N4O2.Pt/c1-70(2,3)46-33-34-73-67(40-46)76-62-27-16-14-25-55(62)56-31-30-50(42-63(56)76)77-49-20-18-19-48(41-49)74-43-75-68-60(38-47(71(4,5)6)39-61(68)72(7,8)9)54-24-13-11-22-52(54)51-21-10-12-23-53(51)59-36-45(37-64(74)69(59)75)44-29-32-66-58(35-44)57-26-15-17-28-65(57)78-66;/h10-40H,1-9H3;/q-2;/i10D,11D,12D,13D,21D,22D,23D,24D;. The smallest absolute Gasteiger partial charge is 0.268 e. The van der Waals surface area contributed by atoms with Crippen LogP contribution in [0.25, 0.3) is 116 Å². The van der Waals surface area contributed by atoms with E-state index >= 15 is 0 Å². The molecule has 0 bridgehead atoms. The quantitative estimate of drug-likeness (QED) is 0.127. The SMILES string of the molecule is [2H]c1c([2H])c([2H])c2c(c1[2H])-c1cc(C(C)(C)C)cc(C(C)(C)C)c1-[n+]1[c-]n(-c3[c-]c(Oc4[c-]c5c(cc4)c4ccccc4n5-c4cc(C(C)(C)C)ccn4)ccc3)c3cc(-c4ccc5oc6ccccc6c5c4)cc(c31)-c1c([2H])c([2H])c([2H])c([2H])c1-2.[Pt]. The summed E-state index contributed by atoms with van der Waals surface area (Å²) in [7, 11) is 0. The zero-order chi connectivity index (χ0) is 60.4. The molecule has 0 fully saturated rings. The summed E-state index contributed by atoms with van der Waals surface area (Å²) in [5.41, 5.74) is 9.40. The summed E-state index contributed by atoms with van der Waals surface area (Å²) >= 11 is 0. The summed E-state index contributed by atoms with van der Waals surface area (Å²) in [6, 6.07) is 47.5. The second-order valence-electron chi connectivity index (χ2n) is 23.5. The number of ether oxygens (including phenoxy) is 1. The van der Waals surface area contributed by atoms with E-state index in [0.29, 0.717) is 56.2 Å². The van der Waals surface area contributed by atoms with Crippen molar-refractivity contribution in [1.29, 1.82) is 0 Å². The third kappa shape index (κ3) is 8.34. The van der Waals surface area contributed by atoms with Gasteiger partial charge in [0.2, 0.25) is 0 Å². The Kier molecular flexibility index (Phi) is 9.72. The molecule has 1 aliphatic rings. The average Bonchev–Trinajstić information content (AvgIpc) is 1.69. The average molecular weight is 1210 g/mol. The molecule has 0 amide bonds. The number of rotatable bonds is 5. The molecule has 0 spiro atoms. The van der Waals surface area contributed by atoms with Gasteiger partial charge in [-0.05, 0) is 131 Å². The zero-order valence-electron chi connectivity index (χ0n) is 53.2. The van der Waals surface area contributed by atoms with Gasteiger partial charge in [0.1, 0.15) is 17.0 Å². The first kappa shape index (κ1) is 41.7. The molecule has 0 unspecified atom stereocenters. The van der Waals surface area contributed by atoms with Gasteiger partial charge < -0.3 is 18.3 Å². The van der Waals surface area contributed by atoms with E-state index in [1.165, 1.54) is 0 Å². The summed E-state index contributed by atoms with van der Waals surface area (Å²) in [4.78, 5) is 4.88. The normalized spacial score (nSPS) is 13.9. The van der Waals surface area contributed by atoms with Crippen molar-refractivity contribution >= 4 is 54.8 Å². The van der Waals surface area contributed by atoms with Crippen LogP contribution in [0, 0.1) is 18.5 Å². The Morgan fingerprint density at radius 1 is 0.532 bits per heavy atom. The van der Waals surface area contributed by atoms with E-state index in [4.69, 9.17) is 14.1 Å². The zero-order valence-corrected chi connectivity index (χ0v) is 47.5. The molecule has 0 saturated carbocycles. The number of nitrogens with zero attached hydrogens (tertiary/aromatic N) is 4. The number of para-hydroxylation sites is 2. The molecule has 0 N–H and O–H groups in total. The molecule has 1 aliphatic heterocycles. The van der Waals surface area contributed by atoms with Crippen LogP contribution < -0.4 is 9.30 Å². The Morgan fingerprint density at radius 3 is 1.94 bits per heavy atom. The van der Waals surface area contributed by atoms with Gasteiger partial charge in [-0.1, -0.05) is 177 Å². The summed E-state index contributed by atoms with van der Waals surface area (Å²) in [5, 5.41) is 3.84. The van der Waals surface area contributed by atoms with Gasteiger partial charge in [-0.15, -0.1) is 29.7 Å². The van der Waals surface area contributed by atoms with Crippen LogP contribution in [0.1, 0.15) is 90.0 Å². The Labute approximate surface area is 487 Å². The molecule has 14 rings (SSSR count). The van der Waals surface area contributed by atoms with E-state index < -0.39 is 47.1 Å². The van der Waals surface area contributed by atoms with E-state index in [-0.39, 0.29) is 60.8 Å². The monoisotopic (exact) mass is 1210 g/mol. The molecule has 9 aromatic carbocycles. The molecule has 7 heteroatoms. The first-order valence-electron chi connectivity index (χ1n) is 30.4. The van der Waals surface area contributed by atoms with Crippen LogP contribution in [0.15, 0.2) is 192 Å². The maximum absolute atomic E-state index is 10.0. The number of pyridine rings is 1. The first-order chi connectivity index (χ1) is 40.9. The predicted molar refractivity (Wildman–Crippen MR) is 319 cm³/mol. The van der Waals surface area contributed by atoms with Gasteiger partial charge >= 0.3 is 0 Å². The van der Waals surface area contributed by atoms with Crippen LogP contribution in [-0.2, 0) is 37.3 Å². The Hall–Kier alpha value is -8.31. The van der Waals surface area contributed by atoms with Crippen molar-refractivity contribution in [3.63, 3.8) is 0 Å². The van der Waals surface area contributed by atoms with Crippen LogP contribution in [0.5, 0.6) is 11.5 Å². The number of benzene rings is 9. The van der Waals surface area contributed by atoms with Crippen molar-refractivity contribution in [1.82, 2.24) is 14.1 Å². The molecule has 0 aliphatic carbocycles. The molecule has 4 aromatic heterocycles. The van der Waals surface area contributed by atoms with Crippen LogP contribution in [0.3, 0.4) is 0 Å². The molecule has 6 nitrogen and oxygen atoms in total. The molecule has 0 radical (unpaired) electrons. The Morgan fingerprint density at radius 2 is 1.20 bits per heavy atom. The van der Waals surface area contributed by atoms with Crippen molar-refractivity contribution in [2.24, 2.45) is 0 Å². The minimum atomic E-state index is -0.617. The van der Waals surface area contributed by atoms with Gasteiger partial charge in [-0.2, -0.15) is 18.2 Å². The minimum Gasteiger partial charge on any atom is -0.510 e. The minimum absolute atomic E-state index is 0. The van der Waals surface area contributed by atoms with Crippen molar-refractivity contribution in [3.8, 4) is 73.2 Å². The van der Waals surface area contributed by atoms with Gasteiger partial charge in [-0.25, -0.2) is 4.98 Å². The second kappa shape index (κ2) is 18.4. The van der Waals surface area contributed by atoms with Gasteiger partial charge in [0, 0.05) is 55.1 Å². The fourth-order valence-corrected chi connectivity index (χ4v) is 11.2. The van der Waals surface area contributed by atoms with E-state index in [0.717, 1.165) is 66.2 Å². The maximum Gasteiger partial charge on any atom is 0.268 e. The van der Waals surface area contributed by atoms with Gasteiger partial charge in [0.05, 0.1) is 27.7 Å². The van der Waals surface area contributed by atoms with Crippen molar-refractivity contribution in [3.05, 3.63) is 223 Å². The van der Waals surface area contributed by atoms with E-state index in [9.17, 15) is 11.0 Å². The van der Waals surface area contributed by atoms with Crippen molar-refractivity contribution in [2.75, 3.05) is 0 Å². The number of furan rings is 1. The largest absolute Gasteiger partial charge is 0.510 e. The van der Waals surface area contributed by atoms with Crippen LogP contribution in [0.2, 0.25) is 0 Å². The summed E-state index contributed by atoms with van der Waals surface area (Å²) < 4.78 is 95.9. The molecule has 0 atom stereocenters. The molecule has 390 valence electrons. The Balaban J connectivity index is 0.00000700. The van der Waals surface area contributed by atoms with E-state index in [2.05, 4.69) is 122 Å². The van der Waals surface area contributed by atoms with Crippen LogP contribution in [-0.4, -0.2) is 14.1 Å². The topological polar surface area (TPSA) is 49.0 Å². The van der Waals surface area contributed by atoms with E-state index in [1.54, 1.807) is 0 Å². The molecule has 79 heavy (non-hydrogen) atoms. The van der Waals surface area contributed by atoms with Gasteiger partial charge in [-0.3, -0.25) is 4.57 Å². The summed E-state index contributed by atoms with van der Waals surface area (Å²) in [5.74, 6) is 1.58. The molecular weight excluding hydrogens is 1150 g/mol. The number of imidazole rings is 1. The van der Waals surface area contributed by atoms with E-state index in [1.807, 2.05) is 112 Å². The fraction of sp³-hybridized carbons (Fsp3) is 0.167. The maximum atomic E-state index is 10.0. The summed E-state index contributed by atoms with van der Waals surface area (Å²) in [6.07, 6.45) is 5.63. The number of aromatic nitrogens is 4. The Bertz CT molecular complexity index is 5100. The molecule has 0 saturated heterocycles. The molecule has 5 heterocycles. The third-order valence-electron chi connectivity index (χ3n) is 15.2. The number of fused-ring (bicyclic) bond motifs is 13. The summed E-state index contributed by atoms with van der Waals surface area (Å²) in [6.45, 7) is 19.2. The van der Waals surface area contributed by atoms with Crippen molar-refractivity contribution < 1.29 is 45.8 Å². The first-order valence-corrected chi connectivity index (χ1v) is 26.4. The van der Waals surface area contributed by atoms with Gasteiger partial charge in [0.25, 0.3) is 6.33 Å². The van der Waals surface area contributed by atoms with Crippen molar-refractivity contribution in [2.45, 2.75) is 78.6 Å². The van der Waals surface area contributed by atoms with Gasteiger partial charge in [0.15, 0.2) is 0 Å². The van der Waals surface area contributed by atoms with Crippen LogP contribution in [0.4, 0.5) is 0 Å². The number of hydrogen-bond acceptors (Lipinski definition) is 3. The van der Waals surface area contributed by atoms with Crippen LogP contribution >= 0.6 is 0 Å². The second-order valence-corrected chi connectivity index (χ2v) is 23.5. The third-order valence-corrected chi connectivity index (χ3v) is 15.2. The fourth-order valence-electron chi connectivity index (χ4n) is 11.2. The predicted octanol–water partition coefficient (Wildman–Crippen LogP) is 18.4.